The highest BCUT2D eigenvalue weighted by atomic mass is 32.1. The summed E-state index contributed by atoms with van der Waals surface area (Å²) in [6.07, 6.45) is 0. The maximum absolute atomic E-state index is 13.9. The Hall–Kier alpha value is -4.08. The summed E-state index contributed by atoms with van der Waals surface area (Å²) >= 11 is 2.64. The van der Waals surface area contributed by atoms with Crippen molar-refractivity contribution in [2.75, 3.05) is 10.6 Å². The molecule has 2 amide bonds. The zero-order valence-corrected chi connectivity index (χ0v) is 20.1. The Bertz CT molecular complexity index is 1710. The lowest BCUT2D eigenvalue weighted by Gasteiger charge is -2.24. The van der Waals surface area contributed by atoms with Crippen LogP contribution in [0.1, 0.15) is 23.4 Å². The van der Waals surface area contributed by atoms with Crippen LogP contribution in [0, 0.1) is 0 Å². The number of nitrogens with one attached hydrogen (secondary N) is 2. The van der Waals surface area contributed by atoms with Crippen molar-refractivity contribution in [3.63, 3.8) is 0 Å². The van der Waals surface area contributed by atoms with Gasteiger partial charge in [0.15, 0.2) is 4.80 Å². The first kappa shape index (κ1) is 21.5. The molecule has 0 aliphatic carbocycles. The second kappa shape index (κ2) is 8.30. The number of hydrogen-bond donors (Lipinski definition) is 2. The van der Waals surface area contributed by atoms with Crippen LogP contribution in [0.25, 0.3) is 5.57 Å². The first-order valence-corrected chi connectivity index (χ1v) is 12.6. The third kappa shape index (κ3) is 3.48. The molecular formula is C26H18N4O3S2. The molecule has 0 saturated heterocycles. The number of carbonyl (C=O) groups is 2. The van der Waals surface area contributed by atoms with Crippen molar-refractivity contribution in [2.45, 2.75) is 13.0 Å². The zero-order valence-electron chi connectivity index (χ0n) is 18.4. The van der Waals surface area contributed by atoms with Gasteiger partial charge in [0.05, 0.1) is 16.8 Å². The fourth-order valence-electron chi connectivity index (χ4n) is 4.44. The predicted octanol–water partition coefficient (Wildman–Crippen LogP) is 3.26. The highest BCUT2D eigenvalue weighted by Gasteiger charge is 2.34. The number of carbonyl (C=O) groups excluding carboxylic acids is 2. The molecule has 172 valence electrons. The van der Waals surface area contributed by atoms with Gasteiger partial charge in [-0.05, 0) is 36.6 Å². The van der Waals surface area contributed by atoms with Crippen molar-refractivity contribution in [3.8, 4) is 0 Å². The van der Waals surface area contributed by atoms with Gasteiger partial charge in [0.1, 0.15) is 10.6 Å². The maximum Gasteiger partial charge on any atom is 0.272 e. The smallest absolute Gasteiger partial charge is 0.272 e. The Morgan fingerprint density at radius 1 is 1.03 bits per heavy atom. The average Bonchev–Trinajstić information content (AvgIpc) is 3.56. The molecule has 4 aromatic rings. The molecule has 0 unspecified atom stereocenters. The number of thiazole rings is 1. The molecule has 4 heterocycles. The summed E-state index contributed by atoms with van der Waals surface area (Å²) in [5.41, 5.74) is 2.95. The molecule has 0 spiro atoms. The summed E-state index contributed by atoms with van der Waals surface area (Å²) in [5.74, 6) is -0.639. The molecule has 0 bridgehead atoms. The van der Waals surface area contributed by atoms with E-state index in [-0.39, 0.29) is 17.4 Å². The number of hydrogen-bond acceptors (Lipinski definition) is 6. The monoisotopic (exact) mass is 498 g/mol. The Morgan fingerprint density at radius 3 is 2.57 bits per heavy atom. The minimum atomic E-state index is -0.649. The first-order chi connectivity index (χ1) is 17.0. The molecule has 2 N–H and O–H groups in total. The lowest BCUT2D eigenvalue weighted by atomic mass is 10.0. The second-order valence-corrected chi connectivity index (χ2v) is 10.1. The van der Waals surface area contributed by atoms with Gasteiger partial charge in [0.2, 0.25) is 0 Å². The van der Waals surface area contributed by atoms with Crippen molar-refractivity contribution in [3.05, 3.63) is 114 Å². The van der Waals surface area contributed by atoms with E-state index in [0.717, 1.165) is 4.88 Å². The normalized spacial score (nSPS) is 18.0. The summed E-state index contributed by atoms with van der Waals surface area (Å²) in [6.45, 7) is 1.78. The van der Waals surface area contributed by atoms with Gasteiger partial charge in [0, 0.05) is 21.8 Å². The average molecular weight is 499 g/mol. The number of amides is 2. The van der Waals surface area contributed by atoms with E-state index >= 15 is 0 Å². The highest BCUT2D eigenvalue weighted by molar-refractivity contribution is 7.10. The number of nitrogens with zero attached hydrogens (tertiary/aromatic N) is 2. The molecule has 2 aromatic carbocycles. The SMILES string of the molecule is CC1=C(C(=O)Nc2ccccc2)[C@@H](c2cccs2)n2c(s/c(=C3/C(=O)Nc4ccccc43)c2=O)=N1. The maximum atomic E-state index is 13.9. The molecule has 2 aliphatic rings. The number of para-hydroxylation sites is 2. The van der Waals surface area contributed by atoms with E-state index < -0.39 is 6.04 Å². The Labute approximate surface area is 207 Å². The Kier molecular flexibility index (Phi) is 5.09. The summed E-state index contributed by atoms with van der Waals surface area (Å²) in [7, 11) is 0. The standard InChI is InChI=1S/C26H18N4O3S2/c1-14-19(23(31)28-15-8-3-2-4-9-15)21(18-12-7-13-34-18)30-25(33)22(35-26(30)27-14)20-16-10-5-6-11-17(16)29-24(20)32/h2-13,21H,1H3,(H,28,31)(H,29,32)/b22-20+/t21-/m1/s1. The topological polar surface area (TPSA) is 92.6 Å². The van der Waals surface area contributed by atoms with E-state index in [1.54, 1.807) is 23.6 Å². The number of thiophene rings is 1. The summed E-state index contributed by atoms with van der Waals surface area (Å²) < 4.78 is 1.85. The van der Waals surface area contributed by atoms with Crippen LogP contribution in [0.4, 0.5) is 11.4 Å². The van der Waals surface area contributed by atoms with Crippen LogP contribution in [0.5, 0.6) is 0 Å². The second-order valence-electron chi connectivity index (χ2n) is 8.11. The van der Waals surface area contributed by atoms with Crippen LogP contribution >= 0.6 is 22.7 Å². The Morgan fingerprint density at radius 2 is 1.80 bits per heavy atom. The van der Waals surface area contributed by atoms with Crippen LogP contribution in [0.3, 0.4) is 0 Å². The number of anilines is 2. The van der Waals surface area contributed by atoms with Crippen molar-refractivity contribution in [1.82, 2.24) is 4.57 Å². The van der Waals surface area contributed by atoms with Gasteiger partial charge < -0.3 is 10.6 Å². The fourth-order valence-corrected chi connectivity index (χ4v) is 6.41. The molecule has 0 saturated carbocycles. The lowest BCUT2D eigenvalue weighted by molar-refractivity contribution is -0.113. The van der Waals surface area contributed by atoms with Crippen LogP contribution < -0.4 is 25.5 Å². The van der Waals surface area contributed by atoms with Gasteiger partial charge in [-0.25, -0.2) is 4.99 Å². The molecule has 2 aromatic heterocycles. The number of aromatic nitrogens is 1. The quantitative estimate of drug-likeness (QED) is 0.454. The van der Waals surface area contributed by atoms with E-state index in [9.17, 15) is 14.4 Å². The first-order valence-electron chi connectivity index (χ1n) is 10.9. The largest absolute Gasteiger partial charge is 0.322 e. The molecular weight excluding hydrogens is 480 g/mol. The zero-order chi connectivity index (χ0) is 24.1. The molecule has 1 atom stereocenters. The van der Waals surface area contributed by atoms with Crippen molar-refractivity contribution < 1.29 is 9.59 Å². The van der Waals surface area contributed by atoms with Gasteiger partial charge in [0.25, 0.3) is 17.4 Å². The predicted molar refractivity (Wildman–Crippen MR) is 137 cm³/mol. The lowest BCUT2D eigenvalue weighted by Crippen LogP contribution is -2.41. The number of fused-ring (bicyclic) bond motifs is 2. The molecule has 9 heteroatoms. The highest BCUT2D eigenvalue weighted by Crippen LogP contribution is 2.34. The molecule has 0 fully saturated rings. The molecule has 7 nitrogen and oxygen atoms in total. The van der Waals surface area contributed by atoms with Gasteiger partial charge in [-0.1, -0.05) is 53.8 Å². The van der Waals surface area contributed by atoms with Crippen LogP contribution in [0.2, 0.25) is 0 Å². The van der Waals surface area contributed by atoms with Gasteiger partial charge in [-0.2, -0.15) is 0 Å². The molecule has 6 rings (SSSR count). The fraction of sp³-hybridized carbons (Fsp3) is 0.0769. The van der Waals surface area contributed by atoms with E-state index in [1.165, 1.54) is 22.7 Å². The van der Waals surface area contributed by atoms with Gasteiger partial charge >= 0.3 is 0 Å². The minimum absolute atomic E-state index is 0.310. The number of rotatable bonds is 3. The van der Waals surface area contributed by atoms with E-state index in [0.29, 0.717) is 43.1 Å². The van der Waals surface area contributed by atoms with Gasteiger partial charge in [-0.15, -0.1) is 11.3 Å². The Balaban J connectivity index is 1.57. The van der Waals surface area contributed by atoms with Crippen molar-refractivity contribution in [2.24, 2.45) is 4.99 Å². The summed E-state index contributed by atoms with van der Waals surface area (Å²) in [4.78, 5) is 46.1. The number of benzene rings is 2. The number of allylic oxidation sites excluding steroid dienone is 1. The van der Waals surface area contributed by atoms with Crippen molar-refractivity contribution in [1.29, 1.82) is 0 Å². The molecule has 35 heavy (non-hydrogen) atoms. The third-order valence-corrected chi connectivity index (χ3v) is 7.96. The minimum Gasteiger partial charge on any atom is -0.322 e. The summed E-state index contributed by atoms with van der Waals surface area (Å²) in [6, 6.07) is 19.6. The third-order valence-electron chi connectivity index (χ3n) is 5.98. The van der Waals surface area contributed by atoms with E-state index in [4.69, 9.17) is 0 Å². The summed E-state index contributed by atoms with van der Waals surface area (Å²) in [5, 5.41) is 7.68. The van der Waals surface area contributed by atoms with Crippen LogP contribution in [-0.2, 0) is 9.59 Å². The van der Waals surface area contributed by atoms with E-state index in [2.05, 4.69) is 15.6 Å². The van der Waals surface area contributed by atoms with Crippen LogP contribution in [0.15, 0.2) is 93.2 Å². The van der Waals surface area contributed by atoms with Crippen molar-refractivity contribution >= 4 is 51.4 Å². The van der Waals surface area contributed by atoms with Gasteiger partial charge in [-0.3, -0.25) is 19.0 Å². The van der Waals surface area contributed by atoms with E-state index in [1.807, 2.05) is 60.0 Å². The van der Waals surface area contributed by atoms with Crippen LogP contribution in [-0.4, -0.2) is 16.4 Å². The molecule has 2 aliphatic heterocycles. The molecule has 0 radical (unpaired) electrons.